The highest BCUT2D eigenvalue weighted by molar-refractivity contribution is 7.86. The second-order valence-corrected chi connectivity index (χ2v) is 9.95. The quantitative estimate of drug-likeness (QED) is 0.130. The number of benzene rings is 5. The number of nitrogens with one attached hydrogen (secondary N) is 1. The molecule has 0 bridgehead atoms. The van der Waals surface area contributed by atoms with Crippen molar-refractivity contribution < 1.29 is 22.8 Å². The molecule has 5 rings (SSSR count). The predicted octanol–water partition coefficient (Wildman–Crippen LogP) is 8.38. The summed E-state index contributed by atoms with van der Waals surface area (Å²) in [6.07, 6.45) is 0. The van der Waals surface area contributed by atoms with Crippen LogP contribution >= 0.6 is 0 Å². The lowest BCUT2D eigenvalue weighted by Gasteiger charge is -2.11. The van der Waals surface area contributed by atoms with Gasteiger partial charge in [-0.3, -0.25) is 4.55 Å². The van der Waals surface area contributed by atoms with Gasteiger partial charge in [-0.25, -0.2) is 0 Å². The van der Waals surface area contributed by atoms with Gasteiger partial charge in [0.1, 0.15) is 22.0 Å². The average Bonchev–Trinajstić information content (AvgIpc) is 2.96. The summed E-state index contributed by atoms with van der Waals surface area (Å²) in [5.74, 6) is 0.160. The maximum absolute atomic E-state index is 12.2. The third kappa shape index (κ3) is 5.96. The monoisotopic (exact) mass is 553 g/mol. The predicted molar refractivity (Wildman–Crippen MR) is 153 cm³/mol. The van der Waals surface area contributed by atoms with E-state index in [1.165, 1.54) is 6.07 Å². The van der Waals surface area contributed by atoms with Crippen LogP contribution in [0.4, 0.5) is 34.1 Å². The number of hydrogen-bond acceptors (Lipinski definition) is 9. The van der Waals surface area contributed by atoms with Gasteiger partial charge in [-0.05, 0) is 78.2 Å². The molecule has 0 saturated carbocycles. The molecule has 0 atom stereocenters. The number of aromatic hydroxyl groups is 1. The normalized spacial score (nSPS) is 11.8. The van der Waals surface area contributed by atoms with E-state index in [1.54, 1.807) is 61.7 Å². The first-order valence-corrected chi connectivity index (χ1v) is 13.4. The van der Waals surface area contributed by atoms with E-state index in [-0.39, 0.29) is 5.69 Å². The minimum atomic E-state index is -4.74. The van der Waals surface area contributed by atoms with Crippen LogP contribution in [0.25, 0.3) is 10.8 Å². The molecule has 5 aromatic carbocycles. The van der Waals surface area contributed by atoms with Crippen LogP contribution in [0, 0.1) is 0 Å². The van der Waals surface area contributed by atoms with Gasteiger partial charge in [-0.2, -0.15) is 18.6 Å². The van der Waals surface area contributed by atoms with Gasteiger partial charge in [0.15, 0.2) is 5.75 Å². The van der Waals surface area contributed by atoms with E-state index in [9.17, 15) is 18.1 Å². The van der Waals surface area contributed by atoms with Crippen molar-refractivity contribution in [2.24, 2.45) is 20.5 Å². The summed E-state index contributed by atoms with van der Waals surface area (Å²) in [4.78, 5) is -0.569. The van der Waals surface area contributed by atoms with Crippen molar-refractivity contribution in [3.8, 4) is 11.5 Å². The number of azo groups is 2. The van der Waals surface area contributed by atoms with Crippen LogP contribution in [0.1, 0.15) is 0 Å². The number of fused-ring (bicyclic) bond motifs is 1. The zero-order chi connectivity index (χ0) is 28.1. The minimum absolute atomic E-state index is 0.340. The standard InChI is InChI=1S/C29H23N5O5S/c1-39-26-10-6-5-9-25(26)33-31-21-11-13-22(14-12-21)32-34-28-27(40(36,37)38)18-19-17-23(15-16-24(19)29(28)35)30-20-7-3-2-4-8-20/h2-18,30,35H,1H3,(H,36,37,38). The maximum atomic E-state index is 12.2. The van der Waals surface area contributed by atoms with Crippen LogP contribution in [0.2, 0.25) is 0 Å². The SMILES string of the molecule is COc1ccccc1N=Nc1ccc(N=Nc2c(S(=O)(=O)O)cc3cc(Nc4ccccc4)ccc3c2O)cc1. The molecule has 10 nitrogen and oxygen atoms in total. The van der Waals surface area contributed by atoms with Gasteiger partial charge < -0.3 is 15.2 Å². The van der Waals surface area contributed by atoms with Crippen molar-refractivity contribution >= 4 is 55.0 Å². The van der Waals surface area contributed by atoms with E-state index >= 15 is 0 Å². The Balaban J connectivity index is 1.43. The number of nitrogens with zero attached hydrogens (tertiary/aromatic N) is 4. The molecule has 0 aliphatic rings. The molecule has 0 fully saturated rings. The minimum Gasteiger partial charge on any atom is -0.505 e. The molecule has 0 spiro atoms. The number of hydrogen-bond donors (Lipinski definition) is 3. The fraction of sp³-hybridized carbons (Fsp3) is 0.0345. The van der Waals surface area contributed by atoms with E-state index in [1.807, 2.05) is 42.5 Å². The highest BCUT2D eigenvalue weighted by Crippen LogP contribution is 2.42. The molecule has 3 N–H and O–H groups in total. The molecule has 0 aliphatic heterocycles. The molecule has 40 heavy (non-hydrogen) atoms. The lowest BCUT2D eigenvalue weighted by Crippen LogP contribution is -1.99. The van der Waals surface area contributed by atoms with Crippen LogP contribution in [0.3, 0.4) is 0 Å². The molecule has 0 saturated heterocycles. The van der Waals surface area contributed by atoms with E-state index in [4.69, 9.17) is 4.74 Å². The van der Waals surface area contributed by atoms with E-state index in [2.05, 4.69) is 25.8 Å². The summed E-state index contributed by atoms with van der Waals surface area (Å²) in [5, 5.41) is 31.3. The molecule has 0 heterocycles. The topological polar surface area (TPSA) is 145 Å². The Morgan fingerprint density at radius 1 is 0.725 bits per heavy atom. The van der Waals surface area contributed by atoms with Crippen LogP contribution in [-0.2, 0) is 10.1 Å². The van der Waals surface area contributed by atoms with Crippen molar-refractivity contribution in [2.45, 2.75) is 4.90 Å². The molecule has 0 amide bonds. The Labute approximate surface area is 230 Å². The summed E-state index contributed by atoms with van der Waals surface area (Å²) < 4.78 is 39.6. The Hall–Kier alpha value is -5.13. The average molecular weight is 554 g/mol. The molecular formula is C29H23N5O5S. The van der Waals surface area contributed by atoms with Crippen LogP contribution in [0.15, 0.2) is 128 Å². The van der Waals surface area contributed by atoms with Gasteiger partial charge in [0.05, 0.1) is 18.5 Å². The summed E-state index contributed by atoms with van der Waals surface area (Å²) >= 11 is 0. The first kappa shape index (κ1) is 26.5. The van der Waals surface area contributed by atoms with Crippen LogP contribution in [-0.4, -0.2) is 25.2 Å². The third-order valence-corrected chi connectivity index (χ3v) is 6.73. The zero-order valence-electron chi connectivity index (χ0n) is 21.1. The van der Waals surface area contributed by atoms with Gasteiger partial charge >= 0.3 is 0 Å². The van der Waals surface area contributed by atoms with E-state index in [0.717, 1.165) is 5.69 Å². The Bertz CT molecular complexity index is 1840. The van der Waals surface area contributed by atoms with Crippen LogP contribution < -0.4 is 10.1 Å². The van der Waals surface area contributed by atoms with Crippen molar-refractivity contribution in [3.05, 3.63) is 103 Å². The fourth-order valence-corrected chi connectivity index (χ4v) is 4.59. The molecule has 0 aliphatic carbocycles. The van der Waals surface area contributed by atoms with Gasteiger partial charge in [0.25, 0.3) is 10.1 Å². The van der Waals surface area contributed by atoms with E-state index < -0.39 is 20.8 Å². The number of para-hydroxylation sites is 2. The highest BCUT2D eigenvalue weighted by Gasteiger charge is 2.22. The number of phenols is 1. The molecule has 5 aromatic rings. The molecule has 0 unspecified atom stereocenters. The molecule has 200 valence electrons. The van der Waals surface area contributed by atoms with Crippen molar-refractivity contribution in [3.63, 3.8) is 0 Å². The highest BCUT2D eigenvalue weighted by atomic mass is 32.2. The lowest BCUT2D eigenvalue weighted by atomic mass is 10.1. The summed E-state index contributed by atoms with van der Waals surface area (Å²) in [6, 6.07) is 29.4. The molecule has 0 aromatic heterocycles. The Kier molecular flexibility index (Phi) is 7.49. The Morgan fingerprint density at radius 2 is 1.38 bits per heavy atom. The van der Waals surface area contributed by atoms with E-state index in [0.29, 0.717) is 39.3 Å². The molecular weight excluding hydrogens is 530 g/mol. The number of phenolic OH excluding ortho intramolecular Hbond substituents is 1. The number of anilines is 2. The van der Waals surface area contributed by atoms with Crippen molar-refractivity contribution in [1.29, 1.82) is 0 Å². The van der Waals surface area contributed by atoms with Crippen molar-refractivity contribution in [1.82, 2.24) is 0 Å². The largest absolute Gasteiger partial charge is 0.505 e. The van der Waals surface area contributed by atoms with Gasteiger partial charge in [0, 0.05) is 16.8 Å². The van der Waals surface area contributed by atoms with Gasteiger partial charge in [-0.15, -0.1) is 10.2 Å². The van der Waals surface area contributed by atoms with Crippen LogP contribution in [0.5, 0.6) is 11.5 Å². The first-order valence-electron chi connectivity index (χ1n) is 12.0. The first-order chi connectivity index (χ1) is 19.3. The second-order valence-electron chi connectivity index (χ2n) is 8.56. The Morgan fingerprint density at radius 3 is 2.05 bits per heavy atom. The fourth-order valence-electron chi connectivity index (χ4n) is 3.93. The maximum Gasteiger partial charge on any atom is 0.296 e. The number of rotatable bonds is 8. The molecule has 0 radical (unpaired) electrons. The summed E-state index contributed by atoms with van der Waals surface area (Å²) in [6.45, 7) is 0. The van der Waals surface area contributed by atoms with Crippen molar-refractivity contribution in [2.75, 3.05) is 12.4 Å². The second kappa shape index (κ2) is 11.3. The summed E-state index contributed by atoms with van der Waals surface area (Å²) in [5.41, 5.74) is 2.59. The summed E-state index contributed by atoms with van der Waals surface area (Å²) in [7, 11) is -3.19. The zero-order valence-corrected chi connectivity index (χ0v) is 21.9. The third-order valence-electron chi connectivity index (χ3n) is 5.86. The number of methoxy groups -OCH3 is 1. The smallest absolute Gasteiger partial charge is 0.296 e. The number of ether oxygens (including phenoxy) is 1. The molecule has 11 heteroatoms. The van der Waals surface area contributed by atoms with Gasteiger partial charge in [0.2, 0.25) is 0 Å². The van der Waals surface area contributed by atoms with Gasteiger partial charge in [-0.1, -0.05) is 30.3 Å². The lowest BCUT2D eigenvalue weighted by molar-refractivity contribution is 0.416.